The second kappa shape index (κ2) is 8.70. The average molecular weight is 446 g/mol. The Labute approximate surface area is 183 Å². The molecule has 156 valence electrons. The first-order valence-corrected chi connectivity index (χ1v) is 10.9. The van der Waals surface area contributed by atoms with Crippen molar-refractivity contribution >= 4 is 28.8 Å². The molecule has 1 fully saturated rings. The Hall–Kier alpha value is -2.51. The fourth-order valence-corrected chi connectivity index (χ4v) is 4.08. The standard InChI is InChI=1S/C22H21ClFN3O2S/c1-12-9-26-22(30-12)19-16(4-3-5-18(19)29-11-14-6-7-14)21(28)27-13(2)20-17(24)8-15(23)10-25-20/h3-5,8-10,13-14H,6-7,11H2,1-2H3,(H,27,28). The lowest BCUT2D eigenvalue weighted by molar-refractivity contribution is 0.0938. The molecule has 0 saturated heterocycles. The maximum absolute atomic E-state index is 14.2. The van der Waals surface area contributed by atoms with Crippen molar-refractivity contribution in [1.82, 2.24) is 15.3 Å². The van der Waals surface area contributed by atoms with Crippen molar-refractivity contribution in [3.63, 3.8) is 0 Å². The quantitative estimate of drug-likeness (QED) is 0.515. The van der Waals surface area contributed by atoms with Crippen LogP contribution in [0.15, 0.2) is 36.7 Å². The van der Waals surface area contributed by atoms with Crippen LogP contribution < -0.4 is 10.1 Å². The smallest absolute Gasteiger partial charge is 0.252 e. The predicted octanol–water partition coefficient (Wildman–Crippen LogP) is 5.59. The molecule has 1 unspecified atom stereocenters. The van der Waals surface area contributed by atoms with Gasteiger partial charge in [-0.25, -0.2) is 9.37 Å². The number of hydrogen-bond acceptors (Lipinski definition) is 5. The number of aromatic nitrogens is 2. The summed E-state index contributed by atoms with van der Waals surface area (Å²) in [6, 6.07) is 5.91. The Kier molecular flexibility index (Phi) is 6.01. The summed E-state index contributed by atoms with van der Waals surface area (Å²) in [7, 11) is 0. The summed E-state index contributed by atoms with van der Waals surface area (Å²) in [5, 5.41) is 3.75. The Bertz CT molecular complexity index is 1080. The molecule has 30 heavy (non-hydrogen) atoms. The number of halogens is 2. The van der Waals surface area contributed by atoms with Crippen LogP contribution in [-0.4, -0.2) is 22.5 Å². The van der Waals surface area contributed by atoms with Gasteiger partial charge in [-0.05, 0) is 50.8 Å². The Balaban J connectivity index is 1.64. The van der Waals surface area contributed by atoms with Crippen molar-refractivity contribution in [3.05, 3.63) is 63.6 Å². The minimum absolute atomic E-state index is 0.125. The number of aryl methyl sites for hydroxylation is 1. The van der Waals surface area contributed by atoms with Gasteiger partial charge in [-0.3, -0.25) is 9.78 Å². The fraction of sp³-hybridized carbons (Fsp3) is 0.318. The largest absolute Gasteiger partial charge is 0.493 e. The molecule has 0 bridgehead atoms. The van der Waals surface area contributed by atoms with Crippen LogP contribution in [0.25, 0.3) is 10.6 Å². The van der Waals surface area contributed by atoms with Gasteiger partial charge in [0, 0.05) is 17.3 Å². The second-order valence-electron chi connectivity index (χ2n) is 7.42. The van der Waals surface area contributed by atoms with Gasteiger partial charge in [0.25, 0.3) is 5.91 Å². The molecule has 1 amide bonds. The van der Waals surface area contributed by atoms with Gasteiger partial charge >= 0.3 is 0 Å². The Morgan fingerprint density at radius 3 is 2.83 bits per heavy atom. The van der Waals surface area contributed by atoms with Crippen molar-refractivity contribution in [1.29, 1.82) is 0 Å². The van der Waals surface area contributed by atoms with Gasteiger partial charge in [-0.15, -0.1) is 11.3 Å². The van der Waals surface area contributed by atoms with Crippen molar-refractivity contribution in [3.8, 4) is 16.3 Å². The number of rotatable bonds is 7. The molecule has 1 aromatic carbocycles. The van der Waals surface area contributed by atoms with Crippen molar-refractivity contribution in [2.45, 2.75) is 32.7 Å². The summed E-state index contributed by atoms with van der Waals surface area (Å²) >= 11 is 7.28. The van der Waals surface area contributed by atoms with Crippen LogP contribution in [0.3, 0.4) is 0 Å². The van der Waals surface area contributed by atoms with Crippen LogP contribution in [0.5, 0.6) is 5.75 Å². The molecule has 1 aliphatic rings. The van der Waals surface area contributed by atoms with E-state index in [4.69, 9.17) is 16.3 Å². The summed E-state index contributed by atoms with van der Waals surface area (Å²) < 4.78 is 20.3. The maximum Gasteiger partial charge on any atom is 0.252 e. The predicted molar refractivity (Wildman–Crippen MR) is 116 cm³/mol. The molecule has 1 atom stereocenters. The third kappa shape index (κ3) is 4.63. The highest BCUT2D eigenvalue weighted by Crippen LogP contribution is 2.38. The molecule has 1 N–H and O–H groups in total. The molecule has 1 aliphatic carbocycles. The highest BCUT2D eigenvalue weighted by atomic mass is 35.5. The van der Waals surface area contributed by atoms with Crippen LogP contribution in [-0.2, 0) is 0 Å². The number of ether oxygens (including phenoxy) is 1. The van der Waals surface area contributed by atoms with E-state index in [0.717, 1.165) is 4.88 Å². The highest BCUT2D eigenvalue weighted by molar-refractivity contribution is 7.15. The zero-order valence-corrected chi connectivity index (χ0v) is 18.2. The molecule has 5 nitrogen and oxygen atoms in total. The fourth-order valence-electron chi connectivity index (χ4n) is 3.11. The SMILES string of the molecule is Cc1cnc(-c2c(OCC3CC3)cccc2C(=O)NC(C)c2ncc(Cl)cc2F)s1. The lowest BCUT2D eigenvalue weighted by atomic mass is 10.0. The van der Waals surface area contributed by atoms with Gasteiger partial charge in [0.1, 0.15) is 16.6 Å². The number of benzene rings is 1. The van der Waals surface area contributed by atoms with E-state index >= 15 is 0 Å². The van der Waals surface area contributed by atoms with Crippen molar-refractivity contribution in [2.75, 3.05) is 6.61 Å². The molecule has 0 radical (unpaired) electrons. The second-order valence-corrected chi connectivity index (χ2v) is 9.10. The van der Waals surface area contributed by atoms with Crippen LogP contribution in [0.1, 0.15) is 46.7 Å². The van der Waals surface area contributed by atoms with Gasteiger partial charge in [-0.2, -0.15) is 0 Å². The monoisotopic (exact) mass is 445 g/mol. The number of hydrogen-bond donors (Lipinski definition) is 1. The van der Waals surface area contributed by atoms with Crippen LogP contribution in [0.2, 0.25) is 5.02 Å². The van der Waals surface area contributed by atoms with Gasteiger partial charge in [0.15, 0.2) is 0 Å². The first-order chi connectivity index (χ1) is 14.4. The van der Waals surface area contributed by atoms with Gasteiger partial charge in [0.05, 0.1) is 34.5 Å². The topological polar surface area (TPSA) is 64.1 Å². The highest BCUT2D eigenvalue weighted by Gasteiger charge is 2.25. The molecule has 4 rings (SSSR count). The first-order valence-electron chi connectivity index (χ1n) is 9.72. The first kappa shape index (κ1) is 20.8. The number of nitrogens with one attached hydrogen (secondary N) is 1. The average Bonchev–Trinajstić information content (AvgIpc) is 3.44. The van der Waals surface area contributed by atoms with E-state index in [2.05, 4.69) is 15.3 Å². The number of pyridine rings is 1. The van der Waals surface area contributed by atoms with Crippen LogP contribution in [0, 0.1) is 18.7 Å². The van der Waals surface area contributed by atoms with Crippen molar-refractivity contribution in [2.24, 2.45) is 5.92 Å². The Morgan fingerprint density at radius 1 is 1.37 bits per heavy atom. The summed E-state index contributed by atoms with van der Waals surface area (Å²) in [4.78, 5) is 22.7. The molecule has 0 spiro atoms. The summed E-state index contributed by atoms with van der Waals surface area (Å²) in [5.74, 6) is 0.297. The molecule has 3 aromatic rings. The van der Waals surface area contributed by atoms with E-state index < -0.39 is 11.9 Å². The van der Waals surface area contributed by atoms with E-state index in [9.17, 15) is 9.18 Å². The summed E-state index contributed by atoms with van der Waals surface area (Å²) in [5.41, 5.74) is 1.21. The maximum atomic E-state index is 14.2. The van der Waals surface area contributed by atoms with Crippen LogP contribution in [0.4, 0.5) is 4.39 Å². The Morgan fingerprint density at radius 2 is 2.17 bits per heavy atom. The lowest BCUT2D eigenvalue weighted by Crippen LogP contribution is -2.28. The minimum atomic E-state index is -0.642. The lowest BCUT2D eigenvalue weighted by Gasteiger charge is -2.17. The molecule has 8 heteroatoms. The van der Waals surface area contributed by atoms with E-state index in [1.165, 1.54) is 36.4 Å². The zero-order chi connectivity index (χ0) is 21.3. The van der Waals surface area contributed by atoms with Gasteiger partial charge in [-0.1, -0.05) is 17.7 Å². The van der Waals surface area contributed by atoms with Crippen LogP contribution >= 0.6 is 22.9 Å². The van der Waals surface area contributed by atoms with E-state index in [0.29, 0.717) is 34.4 Å². The third-order valence-corrected chi connectivity index (χ3v) is 6.01. The number of carbonyl (C=O) groups is 1. The molecule has 0 aliphatic heterocycles. The number of carbonyl (C=O) groups excluding carboxylic acids is 1. The van der Waals surface area contributed by atoms with E-state index in [1.807, 2.05) is 13.0 Å². The molecular formula is C22H21ClFN3O2S. The number of amides is 1. The zero-order valence-electron chi connectivity index (χ0n) is 16.6. The number of nitrogens with zero attached hydrogens (tertiary/aromatic N) is 2. The van der Waals surface area contributed by atoms with Crippen molar-refractivity contribution < 1.29 is 13.9 Å². The van der Waals surface area contributed by atoms with Gasteiger partial charge in [0.2, 0.25) is 0 Å². The molecule has 1 saturated carbocycles. The molecule has 2 heterocycles. The summed E-state index contributed by atoms with van der Waals surface area (Å²) in [6.45, 7) is 4.27. The van der Waals surface area contributed by atoms with E-state index in [-0.39, 0.29) is 16.6 Å². The van der Waals surface area contributed by atoms with E-state index in [1.54, 1.807) is 25.3 Å². The summed E-state index contributed by atoms with van der Waals surface area (Å²) in [6.07, 6.45) is 5.47. The minimum Gasteiger partial charge on any atom is -0.493 e. The normalized spacial score (nSPS) is 14.4. The molecule has 2 aromatic heterocycles. The third-order valence-electron chi connectivity index (χ3n) is 4.87. The molecular weight excluding hydrogens is 425 g/mol. The number of thiazole rings is 1. The van der Waals surface area contributed by atoms with Gasteiger partial charge < -0.3 is 10.1 Å².